The number of halogens is 1. The summed E-state index contributed by atoms with van der Waals surface area (Å²) in [4.78, 5) is 16.4. The van der Waals surface area contributed by atoms with Gasteiger partial charge in [-0.2, -0.15) is 0 Å². The highest BCUT2D eigenvalue weighted by atomic mass is 35.5. The van der Waals surface area contributed by atoms with Gasteiger partial charge in [-0.3, -0.25) is 0 Å². The van der Waals surface area contributed by atoms with Crippen molar-refractivity contribution in [2.45, 2.75) is 20.0 Å². The number of carbonyl (C=O) groups is 1. The molecule has 0 saturated heterocycles. The number of nitrogens with zero attached hydrogens (tertiary/aromatic N) is 1. The highest BCUT2D eigenvalue weighted by molar-refractivity contribution is 6.31. The zero-order valence-electron chi connectivity index (χ0n) is 13.3. The van der Waals surface area contributed by atoms with Gasteiger partial charge in [-0.05, 0) is 44.2 Å². The van der Waals surface area contributed by atoms with Crippen LogP contribution in [0.4, 0.5) is 0 Å². The average molecular weight is 342 g/mol. The predicted molar refractivity (Wildman–Crippen MR) is 94.3 cm³/mol. The molecule has 0 aromatic heterocycles. The number of aliphatic imine (C=N–C) groups is 1. The molecule has 1 aliphatic heterocycles. The minimum Gasteiger partial charge on any atom is -0.490 e. The number of hydrogen-bond donors (Lipinski definition) is 0. The SMILES string of the molecule is CC(C)Oc1ccccc1/C=C1/N=C(c2cccc(Cl)c2)OC1=O. The fraction of sp³-hybridized carbons (Fsp3) is 0.158. The van der Waals surface area contributed by atoms with Gasteiger partial charge in [0.15, 0.2) is 5.70 Å². The third-order valence-electron chi connectivity index (χ3n) is 3.27. The molecule has 4 nitrogen and oxygen atoms in total. The Morgan fingerprint density at radius 1 is 1.17 bits per heavy atom. The number of cyclic esters (lactones) is 1. The minimum atomic E-state index is -0.496. The molecule has 3 rings (SSSR count). The van der Waals surface area contributed by atoms with Crippen molar-refractivity contribution in [3.8, 4) is 5.75 Å². The average Bonchev–Trinajstić information content (AvgIpc) is 2.90. The number of benzene rings is 2. The zero-order valence-corrected chi connectivity index (χ0v) is 14.1. The number of hydrogen-bond acceptors (Lipinski definition) is 4. The predicted octanol–water partition coefficient (Wildman–Crippen LogP) is 4.47. The van der Waals surface area contributed by atoms with Crippen LogP contribution >= 0.6 is 11.6 Å². The van der Waals surface area contributed by atoms with E-state index in [2.05, 4.69) is 4.99 Å². The van der Waals surface area contributed by atoms with E-state index in [1.54, 1.807) is 30.3 Å². The zero-order chi connectivity index (χ0) is 17.1. The van der Waals surface area contributed by atoms with Gasteiger partial charge in [0.25, 0.3) is 0 Å². The van der Waals surface area contributed by atoms with E-state index < -0.39 is 5.97 Å². The minimum absolute atomic E-state index is 0.0330. The van der Waals surface area contributed by atoms with Crippen LogP contribution in [0.5, 0.6) is 5.75 Å². The van der Waals surface area contributed by atoms with Gasteiger partial charge in [0.2, 0.25) is 5.90 Å². The van der Waals surface area contributed by atoms with E-state index in [9.17, 15) is 4.79 Å². The Kier molecular flexibility index (Phi) is 4.67. The van der Waals surface area contributed by atoms with Crippen LogP contribution in [0.15, 0.2) is 59.2 Å². The van der Waals surface area contributed by atoms with Crippen LogP contribution in [0.25, 0.3) is 6.08 Å². The van der Waals surface area contributed by atoms with E-state index in [-0.39, 0.29) is 17.7 Å². The lowest BCUT2D eigenvalue weighted by Crippen LogP contribution is -2.07. The second-order valence-electron chi connectivity index (χ2n) is 5.55. The number of ether oxygens (including phenoxy) is 2. The fourth-order valence-corrected chi connectivity index (χ4v) is 2.45. The van der Waals surface area contributed by atoms with Crippen LogP contribution in [0.2, 0.25) is 5.02 Å². The van der Waals surface area contributed by atoms with Gasteiger partial charge in [-0.1, -0.05) is 35.9 Å². The van der Waals surface area contributed by atoms with Gasteiger partial charge in [0.1, 0.15) is 5.75 Å². The van der Waals surface area contributed by atoms with Crippen LogP contribution in [-0.2, 0) is 9.53 Å². The van der Waals surface area contributed by atoms with Gasteiger partial charge in [0.05, 0.1) is 6.10 Å². The van der Waals surface area contributed by atoms with E-state index in [0.29, 0.717) is 16.3 Å². The molecule has 0 unspecified atom stereocenters. The monoisotopic (exact) mass is 341 g/mol. The maximum absolute atomic E-state index is 12.1. The molecule has 0 amide bonds. The molecule has 0 saturated carbocycles. The standard InChI is InChI=1S/C19H16ClNO3/c1-12(2)23-17-9-4-3-6-13(17)11-16-19(22)24-18(21-16)14-7-5-8-15(20)10-14/h3-12H,1-2H3/b16-11+. The summed E-state index contributed by atoms with van der Waals surface area (Å²) < 4.78 is 11.0. The number of carbonyl (C=O) groups excluding carboxylic acids is 1. The van der Waals surface area contributed by atoms with E-state index in [0.717, 1.165) is 5.56 Å². The van der Waals surface area contributed by atoms with Gasteiger partial charge < -0.3 is 9.47 Å². The van der Waals surface area contributed by atoms with Crippen molar-refractivity contribution in [1.29, 1.82) is 0 Å². The summed E-state index contributed by atoms with van der Waals surface area (Å²) in [6.45, 7) is 3.90. The number of esters is 1. The lowest BCUT2D eigenvalue weighted by Gasteiger charge is -2.12. The molecular formula is C19H16ClNO3. The second kappa shape index (κ2) is 6.89. The largest absolute Gasteiger partial charge is 0.490 e. The topological polar surface area (TPSA) is 47.9 Å². The summed E-state index contributed by atoms with van der Waals surface area (Å²) in [6, 6.07) is 14.5. The van der Waals surface area contributed by atoms with Crippen molar-refractivity contribution in [3.63, 3.8) is 0 Å². The van der Waals surface area contributed by atoms with Crippen LogP contribution < -0.4 is 4.74 Å². The Morgan fingerprint density at radius 3 is 2.71 bits per heavy atom. The molecule has 0 spiro atoms. The van der Waals surface area contributed by atoms with Gasteiger partial charge in [0, 0.05) is 16.1 Å². The van der Waals surface area contributed by atoms with Gasteiger partial charge in [-0.15, -0.1) is 0 Å². The maximum atomic E-state index is 12.1. The molecular weight excluding hydrogens is 326 g/mol. The molecule has 2 aromatic rings. The van der Waals surface area contributed by atoms with E-state index in [1.807, 2.05) is 38.1 Å². The first-order chi connectivity index (χ1) is 11.5. The summed E-state index contributed by atoms with van der Waals surface area (Å²) in [7, 11) is 0. The van der Waals surface area contributed by atoms with Crippen LogP contribution in [0, 0.1) is 0 Å². The molecule has 0 radical (unpaired) electrons. The van der Waals surface area contributed by atoms with Crippen molar-refractivity contribution >= 4 is 29.5 Å². The molecule has 1 aliphatic rings. The molecule has 24 heavy (non-hydrogen) atoms. The summed E-state index contributed by atoms with van der Waals surface area (Å²) in [6.07, 6.45) is 1.70. The first-order valence-corrected chi connectivity index (χ1v) is 7.95. The van der Waals surface area contributed by atoms with Crippen molar-refractivity contribution in [3.05, 3.63) is 70.4 Å². The van der Waals surface area contributed by atoms with E-state index in [1.165, 1.54) is 0 Å². The first-order valence-electron chi connectivity index (χ1n) is 7.57. The van der Waals surface area contributed by atoms with Gasteiger partial charge >= 0.3 is 5.97 Å². The normalized spacial score (nSPS) is 15.6. The molecule has 0 aliphatic carbocycles. The molecule has 5 heteroatoms. The van der Waals surface area contributed by atoms with Crippen LogP contribution in [0.3, 0.4) is 0 Å². The lowest BCUT2D eigenvalue weighted by atomic mass is 10.1. The summed E-state index contributed by atoms with van der Waals surface area (Å²) >= 11 is 5.97. The Bertz CT molecular complexity index is 840. The molecule has 0 atom stereocenters. The van der Waals surface area contributed by atoms with Crippen molar-refractivity contribution < 1.29 is 14.3 Å². The van der Waals surface area contributed by atoms with Crippen molar-refractivity contribution in [2.24, 2.45) is 4.99 Å². The number of para-hydroxylation sites is 1. The fourth-order valence-electron chi connectivity index (χ4n) is 2.26. The highest BCUT2D eigenvalue weighted by Gasteiger charge is 2.24. The van der Waals surface area contributed by atoms with E-state index >= 15 is 0 Å². The molecule has 122 valence electrons. The summed E-state index contributed by atoms with van der Waals surface area (Å²) in [5.74, 6) is 0.444. The van der Waals surface area contributed by atoms with Crippen LogP contribution in [0.1, 0.15) is 25.0 Å². The molecule has 0 bridgehead atoms. The van der Waals surface area contributed by atoms with Crippen molar-refractivity contribution in [2.75, 3.05) is 0 Å². The van der Waals surface area contributed by atoms with Gasteiger partial charge in [-0.25, -0.2) is 9.79 Å². The van der Waals surface area contributed by atoms with Crippen LogP contribution in [-0.4, -0.2) is 18.0 Å². The van der Waals surface area contributed by atoms with Crippen molar-refractivity contribution in [1.82, 2.24) is 0 Å². The summed E-state index contributed by atoms with van der Waals surface area (Å²) in [5.41, 5.74) is 1.66. The number of rotatable bonds is 4. The summed E-state index contributed by atoms with van der Waals surface area (Å²) in [5, 5.41) is 0.555. The Balaban J connectivity index is 1.95. The Labute approximate surface area is 145 Å². The molecule has 0 fully saturated rings. The lowest BCUT2D eigenvalue weighted by molar-refractivity contribution is -0.129. The maximum Gasteiger partial charge on any atom is 0.363 e. The highest BCUT2D eigenvalue weighted by Crippen LogP contribution is 2.25. The Morgan fingerprint density at radius 2 is 1.96 bits per heavy atom. The molecule has 0 N–H and O–H groups in total. The molecule has 1 heterocycles. The van der Waals surface area contributed by atoms with E-state index in [4.69, 9.17) is 21.1 Å². The smallest absolute Gasteiger partial charge is 0.363 e. The quantitative estimate of drug-likeness (QED) is 0.609. The Hall–Kier alpha value is -2.59. The first kappa shape index (κ1) is 16.3. The third kappa shape index (κ3) is 3.66. The molecule has 2 aromatic carbocycles. The third-order valence-corrected chi connectivity index (χ3v) is 3.50. The second-order valence-corrected chi connectivity index (χ2v) is 5.99.